The summed E-state index contributed by atoms with van der Waals surface area (Å²) in [4.78, 5) is 15.8. The van der Waals surface area contributed by atoms with E-state index < -0.39 is 0 Å². The molecular weight excluding hydrogens is 266 g/mol. The van der Waals surface area contributed by atoms with Crippen molar-refractivity contribution in [2.45, 2.75) is 0 Å². The Bertz CT molecular complexity index is 617. The van der Waals surface area contributed by atoms with Crippen LogP contribution in [-0.2, 0) is 0 Å². The van der Waals surface area contributed by atoms with Crippen molar-refractivity contribution in [1.29, 1.82) is 0 Å². The molecule has 2 aromatic rings. The fourth-order valence-corrected chi connectivity index (χ4v) is 1.73. The molecule has 0 aliphatic heterocycles. The van der Waals surface area contributed by atoms with Crippen molar-refractivity contribution >= 4 is 29.0 Å². The maximum atomic E-state index is 12.0. The molecule has 1 aromatic carbocycles. The second-order valence-electron chi connectivity index (χ2n) is 3.77. The summed E-state index contributed by atoms with van der Waals surface area (Å²) in [5.74, 6) is 0.508. The predicted molar refractivity (Wildman–Crippen MR) is 74.6 cm³/mol. The molecule has 1 heterocycles. The topological polar surface area (TPSA) is 77.2 Å². The minimum Gasteiger partial charge on any atom is -0.495 e. The third kappa shape index (κ3) is 3.14. The van der Waals surface area contributed by atoms with Gasteiger partial charge in [0.05, 0.1) is 12.1 Å². The van der Waals surface area contributed by atoms with E-state index in [-0.39, 0.29) is 5.91 Å². The van der Waals surface area contributed by atoms with E-state index in [2.05, 4.69) is 10.3 Å². The molecule has 0 radical (unpaired) electrons. The molecule has 19 heavy (non-hydrogen) atoms. The third-order valence-corrected chi connectivity index (χ3v) is 2.76. The number of nitrogens with one attached hydrogen (secondary N) is 1. The number of rotatable bonds is 3. The quantitative estimate of drug-likeness (QED) is 0.904. The monoisotopic (exact) mass is 277 g/mol. The number of anilines is 2. The minimum atomic E-state index is -0.279. The van der Waals surface area contributed by atoms with E-state index in [9.17, 15) is 4.79 Å². The van der Waals surface area contributed by atoms with Crippen LogP contribution >= 0.6 is 11.6 Å². The summed E-state index contributed by atoms with van der Waals surface area (Å²) in [6, 6.07) is 8.07. The first-order chi connectivity index (χ1) is 9.10. The van der Waals surface area contributed by atoms with Crippen LogP contribution in [0.25, 0.3) is 0 Å². The Morgan fingerprint density at radius 2 is 2.16 bits per heavy atom. The molecule has 0 fully saturated rings. The van der Waals surface area contributed by atoms with Crippen molar-refractivity contribution in [3.63, 3.8) is 0 Å². The van der Waals surface area contributed by atoms with E-state index in [4.69, 9.17) is 22.1 Å². The van der Waals surface area contributed by atoms with E-state index in [0.717, 1.165) is 0 Å². The van der Waals surface area contributed by atoms with Crippen molar-refractivity contribution in [3.8, 4) is 5.75 Å². The number of ether oxygens (including phenoxy) is 1. The third-order valence-electron chi connectivity index (χ3n) is 2.45. The van der Waals surface area contributed by atoms with E-state index in [1.807, 2.05) is 0 Å². The van der Waals surface area contributed by atoms with E-state index in [0.29, 0.717) is 27.8 Å². The van der Waals surface area contributed by atoms with Crippen LogP contribution in [0.2, 0.25) is 5.02 Å². The summed E-state index contributed by atoms with van der Waals surface area (Å²) < 4.78 is 5.08. The molecule has 5 nitrogen and oxygen atoms in total. The van der Waals surface area contributed by atoms with Crippen molar-refractivity contribution < 1.29 is 9.53 Å². The normalized spacial score (nSPS) is 10.0. The molecule has 1 aromatic heterocycles. The number of benzene rings is 1. The van der Waals surface area contributed by atoms with Gasteiger partial charge in [-0.1, -0.05) is 11.6 Å². The number of nitrogens with zero attached hydrogens (tertiary/aromatic N) is 1. The summed E-state index contributed by atoms with van der Waals surface area (Å²) in [6.45, 7) is 0. The lowest BCUT2D eigenvalue weighted by Gasteiger charge is -2.08. The molecular formula is C13H12ClN3O2. The molecule has 0 unspecified atom stereocenters. The van der Waals surface area contributed by atoms with Crippen LogP contribution in [0, 0.1) is 0 Å². The van der Waals surface area contributed by atoms with Crippen LogP contribution in [0.3, 0.4) is 0 Å². The molecule has 0 atom stereocenters. The van der Waals surface area contributed by atoms with Gasteiger partial charge >= 0.3 is 0 Å². The van der Waals surface area contributed by atoms with Crippen molar-refractivity contribution in [1.82, 2.24) is 4.98 Å². The summed E-state index contributed by atoms with van der Waals surface area (Å²) in [5, 5.41) is 3.21. The van der Waals surface area contributed by atoms with Crippen LogP contribution in [0.4, 0.5) is 11.5 Å². The Morgan fingerprint density at radius 3 is 2.84 bits per heavy atom. The molecule has 0 saturated carbocycles. The van der Waals surface area contributed by atoms with E-state index in [1.165, 1.54) is 19.4 Å². The molecule has 3 N–H and O–H groups in total. The molecule has 0 aliphatic rings. The molecule has 0 spiro atoms. The van der Waals surface area contributed by atoms with Crippen molar-refractivity contribution in [2.75, 3.05) is 18.2 Å². The molecule has 2 rings (SSSR count). The lowest BCUT2D eigenvalue weighted by atomic mass is 10.2. The fraction of sp³-hybridized carbons (Fsp3) is 0.0769. The van der Waals surface area contributed by atoms with Crippen LogP contribution in [-0.4, -0.2) is 18.0 Å². The molecule has 1 amide bonds. The summed E-state index contributed by atoms with van der Waals surface area (Å²) in [7, 11) is 1.51. The maximum Gasteiger partial charge on any atom is 0.255 e. The minimum absolute atomic E-state index is 0.279. The highest BCUT2D eigenvalue weighted by Crippen LogP contribution is 2.27. The zero-order valence-electron chi connectivity index (χ0n) is 10.2. The van der Waals surface area contributed by atoms with Crippen molar-refractivity contribution in [3.05, 3.63) is 47.1 Å². The largest absolute Gasteiger partial charge is 0.495 e. The summed E-state index contributed by atoms with van der Waals surface area (Å²) in [6.07, 6.45) is 1.48. The lowest BCUT2D eigenvalue weighted by molar-refractivity contribution is 0.102. The number of methoxy groups -OCH3 is 1. The highest BCUT2D eigenvalue weighted by Gasteiger charge is 2.08. The first-order valence-electron chi connectivity index (χ1n) is 5.46. The summed E-state index contributed by atoms with van der Waals surface area (Å²) >= 11 is 5.91. The zero-order chi connectivity index (χ0) is 13.8. The Kier molecular flexibility index (Phi) is 3.87. The molecule has 0 bridgehead atoms. The lowest BCUT2D eigenvalue weighted by Crippen LogP contribution is -2.12. The van der Waals surface area contributed by atoms with Crippen LogP contribution in [0.15, 0.2) is 36.5 Å². The average Bonchev–Trinajstić information content (AvgIpc) is 2.41. The van der Waals surface area contributed by atoms with E-state index in [1.54, 1.807) is 24.3 Å². The van der Waals surface area contributed by atoms with Crippen LogP contribution in [0.5, 0.6) is 5.75 Å². The number of hydrogen-bond acceptors (Lipinski definition) is 4. The smallest absolute Gasteiger partial charge is 0.255 e. The first-order valence-corrected chi connectivity index (χ1v) is 5.84. The zero-order valence-corrected chi connectivity index (χ0v) is 10.9. The van der Waals surface area contributed by atoms with Gasteiger partial charge in [0.15, 0.2) is 0 Å². The SMILES string of the molecule is COc1cc(NC(=O)c2ccnc(N)c2)ccc1Cl. The van der Waals surface area contributed by atoms with Crippen LogP contribution < -0.4 is 15.8 Å². The van der Waals surface area contributed by atoms with Gasteiger partial charge < -0.3 is 15.8 Å². The molecule has 98 valence electrons. The highest BCUT2D eigenvalue weighted by atomic mass is 35.5. The number of amides is 1. The van der Waals surface area contributed by atoms with Gasteiger partial charge in [-0.2, -0.15) is 0 Å². The Labute approximate surface area is 115 Å². The standard InChI is InChI=1S/C13H12ClN3O2/c1-19-11-7-9(2-3-10(11)14)17-13(18)8-4-5-16-12(15)6-8/h2-7H,1H3,(H2,15,16)(H,17,18). The Balaban J connectivity index is 2.19. The highest BCUT2D eigenvalue weighted by molar-refractivity contribution is 6.32. The molecule has 6 heteroatoms. The van der Waals surface area contributed by atoms with Gasteiger partial charge in [-0.15, -0.1) is 0 Å². The number of hydrogen-bond donors (Lipinski definition) is 2. The van der Waals surface area contributed by atoms with Gasteiger partial charge in [-0.25, -0.2) is 4.98 Å². The second kappa shape index (κ2) is 5.58. The number of nitrogens with two attached hydrogens (primary N) is 1. The van der Waals surface area contributed by atoms with Gasteiger partial charge in [-0.05, 0) is 24.3 Å². The van der Waals surface area contributed by atoms with Gasteiger partial charge in [-0.3, -0.25) is 4.79 Å². The van der Waals surface area contributed by atoms with Gasteiger partial charge in [0.25, 0.3) is 5.91 Å². The number of aromatic nitrogens is 1. The maximum absolute atomic E-state index is 12.0. The second-order valence-corrected chi connectivity index (χ2v) is 4.18. The van der Waals surface area contributed by atoms with Gasteiger partial charge in [0.2, 0.25) is 0 Å². The number of pyridine rings is 1. The average molecular weight is 278 g/mol. The van der Waals surface area contributed by atoms with E-state index >= 15 is 0 Å². The summed E-state index contributed by atoms with van der Waals surface area (Å²) in [5.41, 5.74) is 6.54. The van der Waals surface area contributed by atoms with Crippen molar-refractivity contribution in [2.24, 2.45) is 0 Å². The number of nitrogen functional groups attached to an aromatic ring is 1. The number of carbonyl (C=O) groups excluding carboxylic acids is 1. The number of carbonyl (C=O) groups is 1. The van der Waals surface area contributed by atoms with Gasteiger partial charge in [0.1, 0.15) is 11.6 Å². The van der Waals surface area contributed by atoms with Crippen LogP contribution in [0.1, 0.15) is 10.4 Å². The fourth-order valence-electron chi connectivity index (χ4n) is 1.53. The molecule has 0 saturated heterocycles. The Morgan fingerprint density at radius 1 is 1.37 bits per heavy atom. The number of halogens is 1. The first kappa shape index (κ1) is 13.2. The Hall–Kier alpha value is -2.27. The van der Waals surface area contributed by atoms with Gasteiger partial charge in [0, 0.05) is 23.5 Å². The molecule has 0 aliphatic carbocycles. The predicted octanol–water partition coefficient (Wildman–Crippen LogP) is 2.58.